The van der Waals surface area contributed by atoms with Crippen LogP contribution in [0.3, 0.4) is 0 Å². The van der Waals surface area contributed by atoms with Crippen molar-refractivity contribution in [3.63, 3.8) is 0 Å². The van der Waals surface area contributed by atoms with Crippen molar-refractivity contribution in [1.29, 1.82) is 0 Å². The number of hydrogen-bond acceptors (Lipinski definition) is 3. The molecule has 1 aromatic heterocycles. The van der Waals surface area contributed by atoms with Gasteiger partial charge in [-0.1, -0.05) is 0 Å². The summed E-state index contributed by atoms with van der Waals surface area (Å²) in [5.41, 5.74) is 5.35. The zero-order chi connectivity index (χ0) is 7.40. The SMILES string of the molecule is CN(CCN)c1ncc[nH]1. The minimum absolute atomic E-state index is 0.650. The van der Waals surface area contributed by atoms with Crippen LogP contribution < -0.4 is 10.6 Å². The topological polar surface area (TPSA) is 57.9 Å². The lowest BCUT2D eigenvalue weighted by molar-refractivity contribution is 0.856. The maximum atomic E-state index is 5.35. The molecule has 0 bridgehead atoms. The van der Waals surface area contributed by atoms with E-state index in [9.17, 15) is 0 Å². The largest absolute Gasteiger partial charge is 0.344 e. The Morgan fingerprint density at radius 2 is 2.60 bits per heavy atom. The molecule has 0 aliphatic carbocycles. The van der Waals surface area contributed by atoms with Gasteiger partial charge in [-0.25, -0.2) is 4.98 Å². The number of nitrogens with one attached hydrogen (secondary N) is 1. The van der Waals surface area contributed by atoms with Gasteiger partial charge >= 0.3 is 0 Å². The number of rotatable bonds is 3. The average Bonchev–Trinajstić information content (AvgIpc) is 2.38. The predicted octanol–water partition coefficient (Wildman–Crippen LogP) is -0.195. The Bertz CT molecular complexity index is 170. The molecule has 0 unspecified atom stereocenters. The molecule has 0 saturated heterocycles. The first-order valence-corrected chi connectivity index (χ1v) is 3.25. The van der Waals surface area contributed by atoms with E-state index in [2.05, 4.69) is 9.97 Å². The van der Waals surface area contributed by atoms with E-state index in [4.69, 9.17) is 5.73 Å². The molecule has 0 spiro atoms. The van der Waals surface area contributed by atoms with Crippen molar-refractivity contribution < 1.29 is 0 Å². The van der Waals surface area contributed by atoms with E-state index in [1.807, 2.05) is 11.9 Å². The first-order valence-electron chi connectivity index (χ1n) is 3.25. The van der Waals surface area contributed by atoms with Gasteiger partial charge in [-0.3, -0.25) is 0 Å². The van der Waals surface area contributed by atoms with E-state index in [1.165, 1.54) is 0 Å². The second-order valence-electron chi connectivity index (χ2n) is 2.12. The monoisotopic (exact) mass is 140 g/mol. The van der Waals surface area contributed by atoms with Crippen LogP contribution in [-0.2, 0) is 0 Å². The quantitative estimate of drug-likeness (QED) is 0.611. The lowest BCUT2D eigenvalue weighted by atomic mass is 10.6. The van der Waals surface area contributed by atoms with Crippen LogP contribution in [0.4, 0.5) is 5.95 Å². The van der Waals surface area contributed by atoms with E-state index in [0.717, 1.165) is 12.5 Å². The summed E-state index contributed by atoms with van der Waals surface area (Å²) in [5, 5.41) is 0. The van der Waals surface area contributed by atoms with Crippen LogP contribution in [0.5, 0.6) is 0 Å². The van der Waals surface area contributed by atoms with Crippen LogP contribution in [0, 0.1) is 0 Å². The number of aromatic amines is 1. The van der Waals surface area contributed by atoms with Crippen LogP contribution >= 0.6 is 0 Å². The number of hydrogen-bond donors (Lipinski definition) is 2. The summed E-state index contributed by atoms with van der Waals surface area (Å²) in [7, 11) is 1.95. The van der Waals surface area contributed by atoms with Gasteiger partial charge in [-0.2, -0.15) is 0 Å². The van der Waals surface area contributed by atoms with Crippen molar-refractivity contribution in [3.8, 4) is 0 Å². The molecule has 4 nitrogen and oxygen atoms in total. The minimum Gasteiger partial charge on any atom is -0.344 e. The fourth-order valence-corrected chi connectivity index (χ4v) is 0.765. The summed E-state index contributed by atoms with van der Waals surface area (Å²) >= 11 is 0. The van der Waals surface area contributed by atoms with Crippen molar-refractivity contribution in [2.24, 2.45) is 5.73 Å². The van der Waals surface area contributed by atoms with Gasteiger partial charge in [0, 0.05) is 32.5 Å². The van der Waals surface area contributed by atoms with Crippen LogP contribution in [0.25, 0.3) is 0 Å². The molecule has 0 aliphatic heterocycles. The fourth-order valence-electron chi connectivity index (χ4n) is 0.765. The smallest absolute Gasteiger partial charge is 0.202 e. The molecule has 56 valence electrons. The van der Waals surface area contributed by atoms with Gasteiger partial charge in [-0.05, 0) is 0 Å². The van der Waals surface area contributed by atoms with Gasteiger partial charge in [-0.15, -0.1) is 0 Å². The van der Waals surface area contributed by atoms with Gasteiger partial charge in [0.05, 0.1) is 0 Å². The Hall–Kier alpha value is -1.03. The maximum Gasteiger partial charge on any atom is 0.202 e. The van der Waals surface area contributed by atoms with Crippen molar-refractivity contribution in [2.75, 3.05) is 25.0 Å². The zero-order valence-corrected chi connectivity index (χ0v) is 6.04. The van der Waals surface area contributed by atoms with E-state index >= 15 is 0 Å². The molecule has 1 heterocycles. The van der Waals surface area contributed by atoms with Crippen molar-refractivity contribution in [2.45, 2.75) is 0 Å². The summed E-state index contributed by atoms with van der Waals surface area (Å²) in [5.74, 6) is 0.866. The molecule has 10 heavy (non-hydrogen) atoms. The molecule has 3 N–H and O–H groups in total. The average molecular weight is 140 g/mol. The molecule has 1 rings (SSSR count). The highest BCUT2D eigenvalue weighted by Crippen LogP contribution is 2.00. The van der Waals surface area contributed by atoms with Gasteiger partial charge < -0.3 is 15.6 Å². The van der Waals surface area contributed by atoms with Crippen molar-refractivity contribution in [1.82, 2.24) is 9.97 Å². The van der Waals surface area contributed by atoms with Crippen LogP contribution in [0.2, 0.25) is 0 Å². The highest BCUT2D eigenvalue weighted by atomic mass is 15.2. The molecule has 4 heteroatoms. The molecule has 0 aromatic carbocycles. The number of imidazole rings is 1. The third-order valence-electron chi connectivity index (χ3n) is 1.31. The third-order valence-corrected chi connectivity index (χ3v) is 1.31. The Morgan fingerprint density at radius 1 is 1.80 bits per heavy atom. The molecular weight excluding hydrogens is 128 g/mol. The number of anilines is 1. The first-order chi connectivity index (χ1) is 4.84. The van der Waals surface area contributed by atoms with Crippen molar-refractivity contribution >= 4 is 5.95 Å². The normalized spacial score (nSPS) is 9.80. The minimum atomic E-state index is 0.650. The number of H-pyrrole nitrogens is 1. The second kappa shape index (κ2) is 3.22. The van der Waals surface area contributed by atoms with Gasteiger partial charge in [0.25, 0.3) is 0 Å². The number of likely N-dealkylation sites (N-methyl/N-ethyl adjacent to an activating group) is 1. The Kier molecular flexibility index (Phi) is 2.28. The van der Waals surface area contributed by atoms with Crippen molar-refractivity contribution in [3.05, 3.63) is 12.4 Å². The third kappa shape index (κ3) is 1.48. The van der Waals surface area contributed by atoms with E-state index in [-0.39, 0.29) is 0 Å². The summed E-state index contributed by atoms with van der Waals surface area (Å²) < 4.78 is 0. The molecule has 0 aliphatic rings. The molecule has 0 atom stereocenters. The molecule has 0 saturated carbocycles. The number of nitrogens with two attached hydrogens (primary N) is 1. The van der Waals surface area contributed by atoms with Gasteiger partial charge in [0.15, 0.2) is 0 Å². The summed E-state index contributed by atoms with van der Waals surface area (Å²) in [6.07, 6.45) is 3.52. The molecule has 1 aromatic rings. The molecule has 0 fully saturated rings. The van der Waals surface area contributed by atoms with Crippen LogP contribution in [-0.4, -0.2) is 30.1 Å². The van der Waals surface area contributed by atoms with Crippen LogP contribution in [0.15, 0.2) is 12.4 Å². The van der Waals surface area contributed by atoms with Gasteiger partial charge in [0.1, 0.15) is 0 Å². The lowest BCUT2D eigenvalue weighted by Crippen LogP contribution is -2.25. The fraction of sp³-hybridized carbons (Fsp3) is 0.500. The number of aromatic nitrogens is 2. The number of nitrogens with zero attached hydrogens (tertiary/aromatic N) is 2. The Morgan fingerprint density at radius 3 is 3.10 bits per heavy atom. The summed E-state index contributed by atoms with van der Waals surface area (Å²) in [4.78, 5) is 9.00. The maximum absolute atomic E-state index is 5.35. The standard InChI is InChI=1S/C6H12N4/c1-10(5-2-7)6-8-3-4-9-6/h3-4H,2,5,7H2,1H3,(H,8,9). The first kappa shape index (κ1) is 7.08. The predicted molar refractivity (Wildman–Crippen MR) is 40.9 cm³/mol. The van der Waals surface area contributed by atoms with Gasteiger partial charge in [0.2, 0.25) is 5.95 Å². The lowest BCUT2D eigenvalue weighted by Gasteiger charge is -2.13. The molecule has 0 amide bonds. The highest BCUT2D eigenvalue weighted by Gasteiger charge is 1.98. The van der Waals surface area contributed by atoms with E-state index < -0.39 is 0 Å². The Balaban J connectivity index is 2.50. The second-order valence-corrected chi connectivity index (χ2v) is 2.12. The highest BCUT2D eigenvalue weighted by molar-refractivity contribution is 5.26. The van der Waals surface area contributed by atoms with Crippen LogP contribution in [0.1, 0.15) is 0 Å². The summed E-state index contributed by atoms with van der Waals surface area (Å²) in [6.45, 7) is 1.48. The van der Waals surface area contributed by atoms with E-state index in [0.29, 0.717) is 6.54 Å². The molecular formula is C6H12N4. The Labute approximate surface area is 60.1 Å². The van der Waals surface area contributed by atoms with E-state index in [1.54, 1.807) is 12.4 Å². The molecule has 0 radical (unpaired) electrons. The zero-order valence-electron chi connectivity index (χ0n) is 6.04. The summed E-state index contributed by atoms with van der Waals surface area (Å²) in [6, 6.07) is 0.